The number of aliphatic hydroxyl groups excluding tert-OH is 1. The van der Waals surface area contributed by atoms with Gasteiger partial charge in [0.1, 0.15) is 6.15 Å². The van der Waals surface area contributed by atoms with E-state index in [-0.39, 0.29) is 6.10 Å². The van der Waals surface area contributed by atoms with Crippen molar-refractivity contribution in [3.63, 3.8) is 0 Å². The molecule has 4 aromatic rings. The van der Waals surface area contributed by atoms with Crippen LogP contribution in [0, 0.1) is 27.7 Å². The molecule has 2 bridgehead atoms. The van der Waals surface area contributed by atoms with E-state index in [0.29, 0.717) is 0 Å². The van der Waals surface area contributed by atoms with Crippen LogP contribution in [-0.2, 0) is 0 Å². The number of aryl methyl sites for hydroxylation is 4. The Balaban J connectivity index is 0.000000257. The van der Waals surface area contributed by atoms with Crippen LogP contribution in [0.25, 0.3) is 0 Å². The first-order valence-electron chi connectivity index (χ1n) is 14.7. The number of piperidine rings is 1. The Morgan fingerprint density at radius 1 is 0.538 bits per heavy atom. The maximum absolute atomic E-state index is 9.39. The van der Waals surface area contributed by atoms with E-state index < -0.39 is 6.15 Å². The lowest BCUT2D eigenvalue weighted by Gasteiger charge is -2.48. The first kappa shape index (κ1) is 27.4. The molecule has 202 valence electrons. The lowest BCUT2D eigenvalue weighted by atomic mass is 9.11. The summed E-state index contributed by atoms with van der Waals surface area (Å²) in [6.07, 6.45) is 3.47. The first-order chi connectivity index (χ1) is 18.8. The van der Waals surface area contributed by atoms with E-state index in [1.165, 1.54) is 56.9 Å². The molecule has 0 aliphatic carbocycles. The van der Waals surface area contributed by atoms with Crippen LogP contribution in [0.5, 0.6) is 0 Å². The van der Waals surface area contributed by atoms with Crippen molar-refractivity contribution in [3.05, 3.63) is 119 Å². The van der Waals surface area contributed by atoms with E-state index >= 15 is 0 Å². The molecular formula is C36H44BNO. The van der Waals surface area contributed by atoms with E-state index in [9.17, 15) is 5.11 Å². The molecule has 2 aliphatic rings. The summed E-state index contributed by atoms with van der Waals surface area (Å²) in [4.78, 5) is 1.67. The molecule has 2 heterocycles. The quantitative estimate of drug-likeness (QED) is 0.398. The smallest absolute Gasteiger partial charge is 0.109 e. The Morgan fingerprint density at radius 3 is 1.10 bits per heavy atom. The molecule has 2 saturated heterocycles. The molecule has 2 nitrogen and oxygen atoms in total. The van der Waals surface area contributed by atoms with Crippen molar-refractivity contribution >= 4 is 28.0 Å². The van der Waals surface area contributed by atoms with Gasteiger partial charge in [0.05, 0.1) is 25.2 Å². The van der Waals surface area contributed by atoms with Gasteiger partial charge in [-0.1, -0.05) is 119 Å². The fourth-order valence-electron chi connectivity index (χ4n) is 7.85. The van der Waals surface area contributed by atoms with E-state index in [2.05, 4.69) is 132 Å². The molecule has 0 aromatic heterocycles. The maximum Gasteiger partial charge on any atom is 0.109 e. The fraction of sp³-hybridized carbons (Fsp3) is 0.333. The summed E-state index contributed by atoms with van der Waals surface area (Å²) in [6.45, 7) is 9.00. The van der Waals surface area contributed by atoms with E-state index in [1.54, 1.807) is 4.90 Å². The summed E-state index contributed by atoms with van der Waals surface area (Å²) in [5, 5.41) is 9.39. The molecule has 2 atom stereocenters. The summed E-state index contributed by atoms with van der Waals surface area (Å²) < 4.78 is 0. The van der Waals surface area contributed by atoms with Crippen LogP contribution < -0.4 is 26.8 Å². The Bertz CT molecular complexity index is 1230. The van der Waals surface area contributed by atoms with Crippen LogP contribution >= 0.6 is 0 Å². The minimum absolute atomic E-state index is 0.0150. The number of aliphatic hydroxyl groups is 1. The van der Waals surface area contributed by atoms with Crippen molar-refractivity contribution in [1.29, 1.82) is 0 Å². The number of benzene rings is 4. The van der Waals surface area contributed by atoms with Crippen LogP contribution in [0.1, 0.15) is 47.9 Å². The van der Waals surface area contributed by atoms with Crippen molar-refractivity contribution in [2.24, 2.45) is 0 Å². The molecule has 0 amide bonds. The number of hydrogen-bond donors (Lipinski definition) is 2. The monoisotopic (exact) mass is 517 g/mol. The van der Waals surface area contributed by atoms with Crippen LogP contribution in [0.2, 0.25) is 0 Å². The Morgan fingerprint density at radius 2 is 0.821 bits per heavy atom. The molecule has 2 N–H and O–H groups in total. The average molecular weight is 518 g/mol. The van der Waals surface area contributed by atoms with Gasteiger partial charge in [0.25, 0.3) is 0 Å². The summed E-state index contributed by atoms with van der Waals surface area (Å²) in [5.41, 5.74) is 11.0. The Hall–Kier alpha value is -3.14. The molecule has 6 rings (SSSR count). The zero-order valence-corrected chi connectivity index (χ0v) is 24.3. The average Bonchev–Trinajstić information content (AvgIpc) is 3.13. The highest BCUT2D eigenvalue weighted by Crippen LogP contribution is 2.22. The largest absolute Gasteiger partial charge is 0.393 e. The molecule has 3 heteroatoms. The predicted octanol–water partition coefficient (Wildman–Crippen LogP) is 3.48. The highest BCUT2D eigenvalue weighted by Gasteiger charge is 2.41. The Kier molecular flexibility index (Phi) is 8.12. The van der Waals surface area contributed by atoms with Crippen molar-refractivity contribution < 1.29 is 10.0 Å². The third-order valence-corrected chi connectivity index (χ3v) is 9.88. The van der Waals surface area contributed by atoms with Gasteiger partial charge < -0.3 is 10.0 Å². The molecule has 2 aliphatic heterocycles. The number of rotatable bonds is 4. The van der Waals surface area contributed by atoms with Gasteiger partial charge in [0, 0.05) is 25.7 Å². The van der Waals surface area contributed by atoms with Crippen molar-refractivity contribution in [2.75, 3.05) is 7.05 Å². The maximum atomic E-state index is 9.39. The zero-order chi connectivity index (χ0) is 27.6. The molecule has 39 heavy (non-hydrogen) atoms. The van der Waals surface area contributed by atoms with Gasteiger partial charge in [0.2, 0.25) is 0 Å². The van der Waals surface area contributed by atoms with Gasteiger partial charge in [-0.05, 0) is 27.7 Å². The first-order valence-corrected chi connectivity index (χ1v) is 14.7. The van der Waals surface area contributed by atoms with Crippen molar-refractivity contribution in [2.45, 2.75) is 71.6 Å². The summed E-state index contributed by atoms with van der Waals surface area (Å²) >= 11 is 0. The van der Waals surface area contributed by atoms with Gasteiger partial charge in [0.15, 0.2) is 0 Å². The zero-order valence-electron chi connectivity index (χ0n) is 24.3. The van der Waals surface area contributed by atoms with Gasteiger partial charge in [-0.3, -0.25) is 0 Å². The van der Waals surface area contributed by atoms with Crippen LogP contribution in [0.3, 0.4) is 0 Å². The van der Waals surface area contributed by atoms with Gasteiger partial charge in [-0.25, -0.2) is 0 Å². The molecule has 2 fully saturated rings. The second-order valence-electron chi connectivity index (χ2n) is 12.1. The van der Waals surface area contributed by atoms with Crippen LogP contribution in [0.4, 0.5) is 0 Å². The van der Waals surface area contributed by atoms with Crippen LogP contribution in [0.15, 0.2) is 97.1 Å². The van der Waals surface area contributed by atoms with Gasteiger partial charge in [-0.2, -0.15) is 21.9 Å². The van der Waals surface area contributed by atoms with E-state index in [0.717, 1.165) is 24.9 Å². The molecule has 2 unspecified atom stereocenters. The predicted molar refractivity (Wildman–Crippen MR) is 168 cm³/mol. The summed E-state index contributed by atoms with van der Waals surface area (Å²) in [5.74, 6) is 0. The highest BCUT2D eigenvalue weighted by atomic mass is 16.3. The number of nitrogens with one attached hydrogen (secondary N) is 1. The number of hydrogen-bond acceptors (Lipinski definition) is 1. The molecule has 0 saturated carbocycles. The molecular weight excluding hydrogens is 473 g/mol. The minimum atomic E-state index is -1.32. The second kappa shape index (κ2) is 11.5. The molecule has 0 radical (unpaired) electrons. The standard InChI is InChI=1S/C28H28B.C8H15NO/c1-21-13-5-9-17-25(21)29(26-18-10-6-14-22(26)2,27-19-11-7-15-23(27)3)28-20-12-8-16-24(28)4;1-9-6-2-3-7(9)5-8(10)4-6/h5-20H,1-4H3;6-8,10H,2-5H2,1H3/q-1;/p+1. The fourth-order valence-corrected chi connectivity index (χ4v) is 7.85. The summed E-state index contributed by atoms with van der Waals surface area (Å²) in [6, 6.07) is 37.2. The lowest BCUT2D eigenvalue weighted by molar-refractivity contribution is -0.923. The van der Waals surface area contributed by atoms with Gasteiger partial charge >= 0.3 is 0 Å². The highest BCUT2D eigenvalue weighted by molar-refractivity contribution is 7.20. The van der Waals surface area contributed by atoms with Crippen LogP contribution in [-0.4, -0.2) is 36.5 Å². The van der Waals surface area contributed by atoms with E-state index in [4.69, 9.17) is 0 Å². The lowest BCUT2D eigenvalue weighted by Crippen LogP contribution is -3.15. The second-order valence-corrected chi connectivity index (χ2v) is 12.1. The molecule has 4 aromatic carbocycles. The molecule has 0 spiro atoms. The van der Waals surface area contributed by atoms with E-state index in [1.807, 2.05) is 0 Å². The Labute approximate surface area is 235 Å². The normalized spacial score (nSPS) is 22.2. The third kappa shape index (κ3) is 5.11. The summed E-state index contributed by atoms with van der Waals surface area (Å²) in [7, 11) is 2.27. The number of fused-ring (bicyclic) bond motifs is 2. The van der Waals surface area contributed by atoms with Gasteiger partial charge in [-0.15, -0.1) is 0 Å². The number of quaternary nitrogens is 1. The topological polar surface area (TPSA) is 24.7 Å². The van der Waals surface area contributed by atoms with Crippen molar-refractivity contribution in [1.82, 2.24) is 0 Å². The minimum Gasteiger partial charge on any atom is -0.393 e. The SMILES string of the molecule is C[NH+]1C2CCC1CC(O)C2.Cc1ccccc1[B-](c1ccccc1C)(c1ccccc1C)c1ccccc1C. The third-order valence-electron chi connectivity index (χ3n) is 9.88. The van der Waals surface area contributed by atoms with Crippen molar-refractivity contribution in [3.8, 4) is 0 Å².